The van der Waals surface area contributed by atoms with Crippen LogP contribution >= 0.6 is 11.6 Å². The summed E-state index contributed by atoms with van der Waals surface area (Å²) in [6.07, 6.45) is 0.344. The van der Waals surface area contributed by atoms with E-state index < -0.39 is 17.5 Å². The van der Waals surface area contributed by atoms with Gasteiger partial charge in [-0.25, -0.2) is 10.1 Å². The minimum atomic E-state index is -2.88. The van der Waals surface area contributed by atoms with Gasteiger partial charge in [0.25, 0.3) is 6.55 Å². The van der Waals surface area contributed by atoms with Gasteiger partial charge in [0.2, 0.25) is 0 Å². The van der Waals surface area contributed by atoms with Gasteiger partial charge in [-0.15, -0.1) is 0 Å². The van der Waals surface area contributed by atoms with Gasteiger partial charge in [-0.05, 0) is 26.3 Å². The molecule has 0 fully saturated rings. The second-order valence-corrected chi connectivity index (χ2v) is 3.50. The van der Waals surface area contributed by atoms with Crippen LogP contribution < -0.4 is 11.1 Å². The predicted molar refractivity (Wildman–Crippen MR) is 52.6 cm³/mol. The Morgan fingerprint density at radius 1 is 1.67 bits per heavy atom. The first kappa shape index (κ1) is 14.5. The van der Waals surface area contributed by atoms with Crippen LogP contribution in [0.4, 0.5) is 8.78 Å². The lowest BCUT2D eigenvalue weighted by atomic mass is 10.1. The largest absolute Gasteiger partial charge is 0.464 e. The van der Waals surface area contributed by atoms with Crippen molar-refractivity contribution in [3.8, 4) is 0 Å². The van der Waals surface area contributed by atoms with E-state index in [0.717, 1.165) is 0 Å². The zero-order valence-electron chi connectivity index (χ0n) is 8.43. The van der Waals surface area contributed by atoms with Crippen molar-refractivity contribution in [2.45, 2.75) is 31.3 Å². The molecule has 0 aliphatic rings. The maximum absolute atomic E-state index is 12.1. The van der Waals surface area contributed by atoms with E-state index in [1.807, 2.05) is 0 Å². The lowest BCUT2D eigenvalue weighted by Gasteiger charge is -2.25. The quantitative estimate of drug-likeness (QED) is 0.399. The summed E-state index contributed by atoms with van der Waals surface area (Å²) in [4.78, 5) is 9.43. The fourth-order valence-electron chi connectivity index (χ4n) is 0.997. The van der Waals surface area contributed by atoms with Gasteiger partial charge in [0, 0.05) is 0 Å². The highest BCUT2D eigenvalue weighted by Gasteiger charge is 2.39. The molecule has 15 heavy (non-hydrogen) atoms. The van der Waals surface area contributed by atoms with Crippen molar-refractivity contribution in [1.82, 2.24) is 5.32 Å². The molecular weight excluding hydrogens is 230 g/mol. The van der Waals surface area contributed by atoms with E-state index in [1.54, 1.807) is 12.2 Å². The van der Waals surface area contributed by atoms with Crippen LogP contribution in [-0.4, -0.2) is 30.7 Å². The summed E-state index contributed by atoms with van der Waals surface area (Å²) in [5.74, 6) is -0.902. The first-order valence-corrected chi connectivity index (χ1v) is 4.96. The molecule has 3 N–H and O–H groups in total. The van der Waals surface area contributed by atoms with Crippen LogP contribution in [0.15, 0.2) is 0 Å². The summed E-state index contributed by atoms with van der Waals surface area (Å²) in [5.41, 5.74) is 5.21. The first-order valence-electron chi connectivity index (χ1n) is 4.58. The second kappa shape index (κ2) is 6.92. The van der Waals surface area contributed by atoms with Crippen LogP contribution in [-0.2, 0) is 9.53 Å². The summed E-state index contributed by atoms with van der Waals surface area (Å²) < 4.78 is 28.8. The fraction of sp³-hybridized carbons (Fsp3) is 0.875. The molecule has 4 nitrogen and oxygen atoms in total. The first-order chi connectivity index (χ1) is 6.96. The van der Waals surface area contributed by atoms with Gasteiger partial charge in [0.05, 0.1) is 6.61 Å². The maximum Gasteiger partial charge on any atom is 0.342 e. The lowest BCUT2D eigenvalue weighted by molar-refractivity contribution is -0.149. The molecule has 0 aromatic heterocycles. The zero-order chi connectivity index (χ0) is 11.9. The number of alkyl halides is 3. The van der Waals surface area contributed by atoms with E-state index >= 15 is 0 Å². The van der Waals surface area contributed by atoms with E-state index in [2.05, 4.69) is 4.74 Å². The highest BCUT2D eigenvalue weighted by Crippen LogP contribution is 2.21. The van der Waals surface area contributed by atoms with Crippen LogP contribution in [0.25, 0.3) is 0 Å². The number of nitrogens with two attached hydrogens (primary N) is 1. The molecule has 0 aliphatic heterocycles. The van der Waals surface area contributed by atoms with Crippen molar-refractivity contribution < 1.29 is 18.3 Å². The van der Waals surface area contributed by atoms with Gasteiger partial charge in [0.15, 0.2) is 5.00 Å². The van der Waals surface area contributed by atoms with Gasteiger partial charge in [-0.1, -0.05) is 11.6 Å². The van der Waals surface area contributed by atoms with Gasteiger partial charge >= 0.3 is 5.97 Å². The normalized spacial score (nSPS) is 15.1. The molecule has 0 amide bonds. The lowest BCUT2D eigenvalue weighted by Crippen LogP contribution is -2.50. The highest BCUT2D eigenvalue weighted by atomic mass is 35.5. The molecule has 0 aromatic carbocycles. The number of hydrogen-bond donors (Lipinski definition) is 2. The Morgan fingerprint density at radius 2 is 2.27 bits per heavy atom. The van der Waals surface area contributed by atoms with E-state index in [9.17, 15) is 13.6 Å². The summed E-state index contributed by atoms with van der Waals surface area (Å²) >= 11 is 5.72. The molecule has 1 atom stereocenters. The van der Waals surface area contributed by atoms with Crippen molar-refractivity contribution in [3.63, 3.8) is 0 Å². The number of nitrogens with one attached hydrogen (secondary N) is 1. The Labute approximate surface area is 92.1 Å². The average molecular weight is 245 g/mol. The van der Waals surface area contributed by atoms with Crippen molar-refractivity contribution in [1.29, 1.82) is 0 Å². The molecule has 0 aliphatic carbocycles. The standard InChI is InChI=1S/C8H15ClF2N2O2/c1-2-15-6(14)8(9,4-3-5-12)13-7(10)11/h7,13H,2-5,12H2,1H3. The SMILES string of the molecule is CCOC(=O)C(Cl)(CCCN)NC(F)F. The second-order valence-electron chi connectivity index (χ2n) is 2.86. The van der Waals surface area contributed by atoms with Crippen molar-refractivity contribution in [2.24, 2.45) is 5.73 Å². The van der Waals surface area contributed by atoms with Crippen molar-refractivity contribution in [3.05, 3.63) is 0 Å². The topological polar surface area (TPSA) is 64.3 Å². The summed E-state index contributed by atoms with van der Waals surface area (Å²) in [5, 5.41) is 1.68. The van der Waals surface area contributed by atoms with Crippen LogP contribution in [0.3, 0.4) is 0 Å². The summed E-state index contributed by atoms with van der Waals surface area (Å²) in [7, 11) is 0. The monoisotopic (exact) mass is 244 g/mol. The molecule has 0 aromatic rings. The Hall–Kier alpha value is -0.460. The van der Waals surface area contributed by atoms with Crippen LogP contribution in [0.5, 0.6) is 0 Å². The third kappa shape index (κ3) is 5.25. The molecule has 1 unspecified atom stereocenters. The Balaban J connectivity index is 4.45. The Bertz CT molecular complexity index is 207. The number of esters is 1. The number of carbonyl (C=O) groups excluding carboxylic acids is 1. The van der Waals surface area contributed by atoms with Crippen LogP contribution in [0.1, 0.15) is 19.8 Å². The zero-order valence-corrected chi connectivity index (χ0v) is 9.19. The minimum absolute atomic E-state index is 0.00573. The molecule has 0 saturated carbocycles. The van der Waals surface area contributed by atoms with Gasteiger partial charge in [0.1, 0.15) is 0 Å². The molecule has 0 rings (SSSR count). The minimum Gasteiger partial charge on any atom is -0.464 e. The third-order valence-electron chi connectivity index (χ3n) is 1.66. The number of hydrogen-bond acceptors (Lipinski definition) is 4. The van der Waals surface area contributed by atoms with Gasteiger partial charge in [-0.3, -0.25) is 0 Å². The number of ether oxygens (including phenoxy) is 1. The molecule has 0 heterocycles. The van der Waals surface area contributed by atoms with Gasteiger partial charge < -0.3 is 10.5 Å². The van der Waals surface area contributed by atoms with Gasteiger partial charge in [-0.2, -0.15) is 8.78 Å². The Morgan fingerprint density at radius 3 is 2.67 bits per heavy atom. The molecule has 7 heteroatoms. The summed E-state index contributed by atoms with van der Waals surface area (Å²) in [6.45, 7) is -0.968. The van der Waals surface area contributed by atoms with Crippen molar-refractivity contribution in [2.75, 3.05) is 13.2 Å². The molecule has 0 radical (unpaired) electrons. The molecule has 90 valence electrons. The smallest absolute Gasteiger partial charge is 0.342 e. The predicted octanol–water partition coefficient (Wildman–Crippen LogP) is 1.04. The maximum atomic E-state index is 12.1. The fourth-order valence-corrected chi connectivity index (χ4v) is 1.27. The summed E-state index contributed by atoms with van der Waals surface area (Å²) in [6, 6.07) is 0. The third-order valence-corrected chi connectivity index (χ3v) is 2.11. The molecule has 0 bridgehead atoms. The van der Waals surface area contributed by atoms with Crippen LogP contribution in [0.2, 0.25) is 0 Å². The molecule has 0 spiro atoms. The van der Waals surface area contributed by atoms with Crippen molar-refractivity contribution >= 4 is 17.6 Å². The van der Waals surface area contributed by atoms with E-state index in [1.165, 1.54) is 0 Å². The molecular formula is C8H15ClF2N2O2. The number of halogens is 3. The van der Waals surface area contributed by atoms with E-state index in [0.29, 0.717) is 6.42 Å². The highest BCUT2D eigenvalue weighted by molar-refractivity contribution is 6.33. The average Bonchev–Trinajstić information content (AvgIpc) is 2.14. The van der Waals surface area contributed by atoms with E-state index in [-0.39, 0.29) is 19.6 Å². The molecule has 0 saturated heterocycles. The van der Waals surface area contributed by atoms with Crippen LogP contribution in [0, 0.1) is 0 Å². The number of carbonyl (C=O) groups is 1. The Kier molecular flexibility index (Phi) is 6.71. The number of rotatable bonds is 7. The van der Waals surface area contributed by atoms with E-state index in [4.69, 9.17) is 17.3 Å².